The molecular weight excluding hydrogens is 364 g/mol. The summed E-state index contributed by atoms with van der Waals surface area (Å²) in [6, 6.07) is 13.3. The summed E-state index contributed by atoms with van der Waals surface area (Å²) in [7, 11) is 0. The number of carbonyl (C=O) groups excluding carboxylic acids is 1. The number of aromatic amines is 1. The molecule has 4 aromatic rings. The molecule has 7 heteroatoms. The van der Waals surface area contributed by atoms with E-state index in [1.807, 2.05) is 63.2 Å². The Morgan fingerprint density at radius 3 is 2.66 bits per heavy atom. The molecule has 1 unspecified atom stereocenters. The minimum Gasteiger partial charge on any atom is -0.331 e. The minimum absolute atomic E-state index is 0.117. The maximum Gasteiger partial charge on any atom is 0.320 e. The van der Waals surface area contributed by atoms with Gasteiger partial charge < -0.3 is 5.32 Å². The van der Waals surface area contributed by atoms with Crippen LogP contribution in [0.3, 0.4) is 0 Å². The summed E-state index contributed by atoms with van der Waals surface area (Å²) in [6.07, 6.45) is 3.49. The number of fused-ring (bicyclic) bond motifs is 1. The summed E-state index contributed by atoms with van der Waals surface area (Å²) < 4.78 is 0. The number of aryl methyl sites for hydroxylation is 2. The maximum atomic E-state index is 12.5. The van der Waals surface area contributed by atoms with Gasteiger partial charge in [0.1, 0.15) is 11.5 Å². The average molecular weight is 386 g/mol. The molecule has 4 rings (SSSR count). The van der Waals surface area contributed by atoms with Gasteiger partial charge in [-0.25, -0.2) is 9.78 Å². The van der Waals surface area contributed by atoms with Gasteiger partial charge in [-0.05, 0) is 38.5 Å². The van der Waals surface area contributed by atoms with E-state index in [-0.39, 0.29) is 12.1 Å². The van der Waals surface area contributed by atoms with Gasteiger partial charge in [0.2, 0.25) is 0 Å². The lowest BCUT2D eigenvalue weighted by Gasteiger charge is -2.15. The van der Waals surface area contributed by atoms with E-state index >= 15 is 0 Å². The molecule has 1 atom stereocenters. The molecule has 0 radical (unpaired) electrons. The average Bonchev–Trinajstić information content (AvgIpc) is 3.15. The van der Waals surface area contributed by atoms with Crippen LogP contribution >= 0.6 is 0 Å². The van der Waals surface area contributed by atoms with Crippen molar-refractivity contribution < 1.29 is 4.79 Å². The number of hydrogen-bond acceptors (Lipinski definition) is 4. The van der Waals surface area contributed by atoms with Crippen LogP contribution in [0.2, 0.25) is 0 Å². The number of anilines is 1. The summed E-state index contributed by atoms with van der Waals surface area (Å²) in [6.45, 7) is 5.79. The predicted octanol–water partition coefficient (Wildman–Crippen LogP) is 4.52. The van der Waals surface area contributed by atoms with Gasteiger partial charge in [-0.3, -0.25) is 15.4 Å². The van der Waals surface area contributed by atoms with E-state index in [9.17, 15) is 4.79 Å². The molecule has 3 heterocycles. The van der Waals surface area contributed by atoms with Crippen LogP contribution in [0, 0.1) is 13.8 Å². The Kier molecular flexibility index (Phi) is 4.95. The highest BCUT2D eigenvalue weighted by atomic mass is 16.2. The molecule has 29 heavy (non-hydrogen) atoms. The highest BCUT2D eigenvalue weighted by molar-refractivity contribution is 5.98. The summed E-state index contributed by atoms with van der Waals surface area (Å²) in [5.41, 5.74) is 5.42. The Bertz CT molecular complexity index is 1170. The number of urea groups is 1. The Hall–Kier alpha value is -3.74. The molecule has 0 saturated carbocycles. The van der Waals surface area contributed by atoms with Gasteiger partial charge >= 0.3 is 6.03 Å². The van der Waals surface area contributed by atoms with Crippen molar-refractivity contribution in [3.8, 4) is 11.3 Å². The van der Waals surface area contributed by atoms with E-state index in [1.54, 1.807) is 12.4 Å². The number of hydrogen-bond donors (Lipinski definition) is 3. The number of H-pyrrole nitrogens is 1. The summed E-state index contributed by atoms with van der Waals surface area (Å²) >= 11 is 0. The van der Waals surface area contributed by atoms with E-state index in [1.165, 1.54) is 0 Å². The largest absolute Gasteiger partial charge is 0.331 e. The zero-order chi connectivity index (χ0) is 20.4. The number of nitrogens with zero attached hydrogens (tertiary/aromatic N) is 3. The van der Waals surface area contributed by atoms with E-state index < -0.39 is 0 Å². The number of nitrogens with one attached hydrogen (secondary N) is 3. The Balaban J connectivity index is 1.56. The maximum absolute atomic E-state index is 12.5. The Morgan fingerprint density at radius 1 is 1.10 bits per heavy atom. The van der Waals surface area contributed by atoms with Crippen molar-refractivity contribution in [2.45, 2.75) is 26.8 Å². The summed E-state index contributed by atoms with van der Waals surface area (Å²) in [5.74, 6) is 0.497. The molecule has 146 valence electrons. The molecule has 0 aliphatic heterocycles. The fourth-order valence-corrected chi connectivity index (χ4v) is 3.31. The number of aromatic nitrogens is 4. The zero-order valence-electron chi connectivity index (χ0n) is 16.5. The van der Waals surface area contributed by atoms with Crippen LogP contribution < -0.4 is 10.6 Å². The fourth-order valence-electron chi connectivity index (χ4n) is 3.31. The van der Waals surface area contributed by atoms with Gasteiger partial charge in [0, 0.05) is 34.6 Å². The van der Waals surface area contributed by atoms with Crippen LogP contribution in [0.5, 0.6) is 0 Å². The van der Waals surface area contributed by atoms with Gasteiger partial charge in [0.15, 0.2) is 0 Å². The van der Waals surface area contributed by atoms with Crippen molar-refractivity contribution in [3.05, 3.63) is 71.7 Å². The molecule has 0 bridgehead atoms. The monoisotopic (exact) mass is 386 g/mol. The van der Waals surface area contributed by atoms with Gasteiger partial charge in [-0.1, -0.05) is 30.3 Å². The van der Waals surface area contributed by atoms with Crippen LogP contribution in [0.15, 0.2) is 54.9 Å². The van der Waals surface area contributed by atoms with E-state index in [0.29, 0.717) is 5.82 Å². The van der Waals surface area contributed by atoms with Crippen molar-refractivity contribution in [1.82, 2.24) is 25.5 Å². The molecule has 0 saturated heterocycles. The minimum atomic E-state index is -0.305. The fraction of sp³-hybridized carbons (Fsp3) is 0.182. The van der Waals surface area contributed by atoms with Crippen LogP contribution in [0.4, 0.5) is 10.6 Å². The van der Waals surface area contributed by atoms with Gasteiger partial charge in [-0.2, -0.15) is 5.10 Å². The first-order chi connectivity index (χ1) is 14.0. The second-order valence-electron chi connectivity index (χ2n) is 7.01. The van der Waals surface area contributed by atoms with Crippen molar-refractivity contribution in [2.24, 2.45) is 0 Å². The van der Waals surface area contributed by atoms with Crippen LogP contribution in [0.25, 0.3) is 22.2 Å². The standard InChI is InChI=1S/C22H22N6O/c1-13-11-17(9-10-23-13)20-18-12-24-21(14(2)19(18)27-28-20)26-22(29)25-15(3)16-7-5-4-6-8-16/h4-12,15H,1-3H3,(H,27,28)(H2,24,25,26,29). The Morgan fingerprint density at radius 2 is 1.90 bits per heavy atom. The SMILES string of the molecule is Cc1cc(-c2n[nH]c3c(C)c(NC(=O)NC(C)c4ccccc4)ncc23)ccn1. The molecular formula is C22H22N6O. The molecule has 0 aliphatic rings. The highest BCUT2D eigenvalue weighted by Gasteiger charge is 2.16. The van der Waals surface area contributed by atoms with Gasteiger partial charge in [0.05, 0.1) is 11.6 Å². The predicted molar refractivity (Wildman–Crippen MR) is 114 cm³/mol. The second kappa shape index (κ2) is 7.71. The van der Waals surface area contributed by atoms with E-state index in [0.717, 1.165) is 39.0 Å². The van der Waals surface area contributed by atoms with Crippen molar-refractivity contribution >= 4 is 22.8 Å². The number of amides is 2. The molecule has 0 aliphatic carbocycles. The first-order valence-electron chi connectivity index (χ1n) is 9.42. The van der Waals surface area contributed by atoms with Crippen LogP contribution in [-0.4, -0.2) is 26.2 Å². The summed E-state index contributed by atoms with van der Waals surface area (Å²) in [4.78, 5) is 21.1. The lowest BCUT2D eigenvalue weighted by Crippen LogP contribution is -2.31. The van der Waals surface area contributed by atoms with Crippen LogP contribution in [0.1, 0.15) is 29.8 Å². The molecule has 0 fully saturated rings. The molecule has 0 spiro atoms. The van der Waals surface area contributed by atoms with Gasteiger partial charge in [0.25, 0.3) is 0 Å². The lowest BCUT2D eigenvalue weighted by molar-refractivity contribution is 0.249. The normalized spacial score (nSPS) is 12.0. The first-order valence-corrected chi connectivity index (χ1v) is 9.42. The molecule has 3 N–H and O–H groups in total. The highest BCUT2D eigenvalue weighted by Crippen LogP contribution is 2.29. The first kappa shape index (κ1) is 18.6. The molecule has 2 amide bonds. The quantitative estimate of drug-likeness (QED) is 0.480. The zero-order valence-corrected chi connectivity index (χ0v) is 16.5. The number of benzene rings is 1. The Labute approximate surface area is 168 Å². The number of rotatable bonds is 4. The third kappa shape index (κ3) is 3.80. The van der Waals surface area contributed by atoms with E-state index in [2.05, 4.69) is 30.8 Å². The molecule has 1 aromatic carbocycles. The summed E-state index contributed by atoms with van der Waals surface area (Å²) in [5, 5.41) is 14.2. The smallest absolute Gasteiger partial charge is 0.320 e. The van der Waals surface area contributed by atoms with Crippen molar-refractivity contribution in [1.29, 1.82) is 0 Å². The molecule has 3 aromatic heterocycles. The number of pyridine rings is 2. The van der Waals surface area contributed by atoms with Crippen molar-refractivity contribution in [3.63, 3.8) is 0 Å². The molecule has 7 nitrogen and oxygen atoms in total. The van der Waals surface area contributed by atoms with Crippen molar-refractivity contribution in [2.75, 3.05) is 5.32 Å². The second-order valence-corrected chi connectivity index (χ2v) is 7.01. The van der Waals surface area contributed by atoms with E-state index in [4.69, 9.17) is 0 Å². The van der Waals surface area contributed by atoms with Crippen LogP contribution in [-0.2, 0) is 0 Å². The third-order valence-corrected chi connectivity index (χ3v) is 4.91. The topological polar surface area (TPSA) is 95.6 Å². The number of carbonyl (C=O) groups is 1. The lowest BCUT2D eigenvalue weighted by atomic mass is 10.1. The third-order valence-electron chi connectivity index (χ3n) is 4.91. The van der Waals surface area contributed by atoms with Gasteiger partial charge in [-0.15, -0.1) is 0 Å².